The van der Waals surface area contributed by atoms with Gasteiger partial charge in [-0.1, -0.05) is 48.9 Å². The lowest BCUT2D eigenvalue weighted by Crippen LogP contribution is -2.19. The fourth-order valence-electron chi connectivity index (χ4n) is 2.21. The van der Waals surface area contributed by atoms with E-state index in [1.54, 1.807) is 19.2 Å². The maximum Gasteiger partial charge on any atom is 0.129 e. The normalized spacial score (nSPS) is 12.4. The molecule has 0 saturated heterocycles. The Balaban J connectivity index is 2.44. The van der Waals surface area contributed by atoms with Crippen LogP contribution in [0.1, 0.15) is 29.7 Å². The van der Waals surface area contributed by atoms with Crippen LogP contribution in [-0.2, 0) is 6.42 Å². The van der Waals surface area contributed by atoms with Gasteiger partial charge in [-0.05, 0) is 36.7 Å². The molecule has 19 heavy (non-hydrogen) atoms. The molecule has 0 aromatic heterocycles. The zero-order chi connectivity index (χ0) is 13.8. The van der Waals surface area contributed by atoms with Gasteiger partial charge in [-0.2, -0.15) is 0 Å². The number of halogens is 2. The lowest BCUT2D eigenvalue weighted by Gasteiger charge is -2.19. The van der Waals surface area contributed by atoms with E-state index in [1.807, 2.05) is 12.1 Å². The van der Waals surface area contributed by atoms with Crippen molar-refractivity contribution in [2.24, 2.45) is 0 Å². The monoisotopic (exact) mass is 277 g/mol. The molecule has 2 rings (SSSR count). The lowest BCUT2D eigenvalue weighted by molar-refractivity contribution is 0.576. The van der Waals surface area contributed by atoms with Crippen molar-refractivity contribution in [1.29, 1.82) is 0 Å². The Hall–Kier alpha value is -1.38. The Bertz CT molecular complexity index is 531. The third-order valence-electron chi connectivity index (χ3n) is 3.30. The average molecular weight is 278 g/mol. The second-order valence-electron chi connectivity index (χ2n) is 4.45. The predicted molar refractivity (Wildman–Crippen MR) is 78.1 cm³/mol. The smallest absolute Gasteiger partial charge is 0.129 e. The van der Waals surface area contributed by atoms with Crippen molar-refractivity contribution in [3.63, 3.8) is 0 Å². The van der Waals surface area contributed by atoms with E-state index in [0.29, 0.717) is 10.6 Å². The molecule has 0 aliphatic rings. The summed E-state index contributed by atoms with van der Waals surface area (Å²) in [5.74, 6) is -0.286. The summed E-state index contributed by atoms with van der Waals surface area (Å²) in [5.41, 5.74) is 2.76. The van der Waals surface area contributed by atoms with E-state index >= 15 is 0 Å². The molecular formula is C16H17ClFN. The van der Waals surface area contributed by atoms with Gasteiger partial charge in [0.15, 0.2) is 0 Å². The Morgan fingerprint density at radius 1 is 1.16 bits per heavy atom. The number of rotatable bonds is 4. The first-order chi connectivity index (χ1) is 9.17. The molecule has 0 spiro atoms. The molecular weight excluding hydrogens is 261 g/mol. The first-order valence-corrected chi connectivity index (χ1v) is 6.75. The number of benzene rings is 2. The summed E-state index contributed by atoms with van der Waals surface area (Å²) in [5, 5.41) is 3.57. The van der Waals surface area contributed by atoms with Crippen LogP contribution in [0.15, 0.2) is 42.5 Å². The molecule has 1 N–H and O–H groups in total. The van der Waals surface area contributed by atoms with Crippen molar-refractivity contribution in [2.75, 3.05) is 7.05 Å². The molecule has 2 aromatic carbocycles. The molecule has 100 valence electrons. The summed E-state index contributed by atoms with van der Waals surface area (Å²) >= 11 is 6.13. The quantitative estimate of drug-likeness (QED) is 0.876. The lowest BCUT2D eigenvalue weighted by atomic mass is 9.97. The minimum Gasteiger partial charge on any atom is -0.309 e. The van der Waals surface area contributed by atoms with E-state index < -0.39 is 0 Å². The van der Waals surface area contributed by atoms with Gasteiger partial charge in [0, 0.05) is 10.6 Å². The number of nitrogens with one attached hydrogen (secondary N) is 1. The van der Waals surface area contributed by atoms with Crippen LogP contribution in [0.2, 0.25) is 5.02 Å². The molecule has 0 saturated carbocycles. The van der Waals surface area contributed by atoms with Gasteiger partial charge in [-0.25, -0.2) is 4.39 Å². The van der Waals surface area contributed by atoms with Crippen molar-refractivity contribution in [3.05, 3.63) is 70.0 Å². The highest BCUT2D eigenvalue weighted by Crippen LogP contribution is 2.30. The van der Waals surface area contributed by atoms with Crippen molar-refractivity contribution in [3.8, 4) is 0 Å². The molecule has 0 aliphatic heterocycles. The van der Waals surface area contributed by atoms with Crippen LogP contribution >= 0.6 is 11.6 Å². The SMILES string of the molecule is CCc1ccc(C(NC)c2c(F)cccc2Cl)cc1. The molecule has 3 heteroatoms. The van der Waals surface area contributed by atoms with Crippen molar-refractivity contribution < 1.29 is 4.39 Å². The van der Waals surface area contributed by atoms with E-state index in [1.165, 1.54) is 11.6 Å². The molecule has 2 aromatic rings. The van der Waals surface area contributed by atoms with E-state index in [9.17, 15) is 4.39 Å². The van der Waals surface area contributed by atoms with E-state index in [2.05, 4.69) is 24.4 Å². The van der Waals surface area contributed by atoms with Gasteiger partial charge in [0.1, 0.15) is 5.82 Å². The van der Waals surface area contributed by atoms with E-state index in [0.717, 1.165) is 12.0 Å². The molecule has 0 aliphatic carbocycles. The summed E-state index contributed by atoms with van der Waals surface area (Å²) in [6.07, 6.45) is 0.991. The van der Waals surface area contributed by atoms with Crippen molar-refractivity contribution in [2.45, 2.75) is 19.4 Å². The highest BCUT2D eigenvalue weighted by atomic mass is 35.5. The highest BCUT2D eigenvalue weighted by molar-refractivity contribution is 6.31. The van der Waals surface area contributed by atoms with Gasteiger partial charge in [0.2, 0.25) is 0 Å². The largest absolute Gasteiger partial charge is 0.309 e. The Labute approximate surface area is 118 Å². The first kappa shape index (κ1) is 14.0. The summed E-state index contributed by atoms with van der Waals surface area (Å²) in [7, 11) is 1.81. The second kappa shape index (κ2) is 6.18. The maximum absolute atomic E-state index is 14.0. The van der Waals surface area contributed by atoms with E-state index in [-0.39, 0.29) is 11.9 Å². The third kappa shape index (κ3) is 2.96. The topological polar surface area (TPSA) is 12.0 Å². The van der Waals surface area contributed by atoms with Gasteiger partial charge in [-0.3, -0.25) is 0 Å². The number of hydrogen-bond acceptors (Lipinski definition) is 1. The number of hydrogen-bond donors (Lipinski definition) is 1. The van der Waals surface area contributed by atoms with Gasteiger partial charge >= 0.3 is 0 Å². The fraction of sp³-hybridized carbons (Fsp3) is 0.250. The minimum absolute atomic E-state index is 0.236. The molecule has 1 nitrogen and oxygen atoms in total. The third-order valence-corrected chi connectivity index (χ3v) is 3.63. The molecule has 0 amide bonds. The van der Waals surface area contributed by atoms with Crippen LogP contribution in [-0.4, -0.2) is 7.05 Å². The van der Waals surface area contributed by atoms with Gasteiger partial charge < -0.3 is 5.32 Å². The van der Waals surface area contributed by atoms with E-state index in [4.69, 9.17) is 11.6 Å². The Morgan fingerprint density at radius 3 is 2.37 bits per heavy atom. The second-order valence-corrected chi connectivity index (χ2v) is 4.86. The van der Waals surface area contributed by atoms with Gasteiger partial charge in [-0.15, -0.1) is 0 Å². The number of aryl methyl sites for hydroxylation is 1. The standard InChI is InChI=1S/C16H17ClFN/c1-3-11-7-9-12(10-8-11)16(19-2)15-13(17)5-4-6-14(15)18/h4-10,16,19H,3H2,1-2H3. The van der Waals surface area contributed by atoms with Crippen LogP contribution in [0.3, 0.4) is 0 Å². The predicted octanol–water partition coefficient (Wildman–Crippen LogP) is 4.35. The zero-order valence-corrected chi connectivity index (χ0v) is 11.8. The highest BCUT2D eigenvalue weighted by Gasteiger charge is 2.19. The van der Waals surface area contributed by atoms with Crippen LogP contribution in [0.5, 0.6) is 0 Å². The molecule has 0 radical (unpaired) electrons. The Morgan fingerprint density at radius 2 is 1.84 bits per heavy atom. The summed E-state index contributed by atoms with van der Waals surface area (Å²) in [6.45, 7) is 2.11. The van der Waals surface area contributed by atoms with Crippen LogP contribution in [0.25, 0.3) is 0 Å². The molecule has 0 fully saturated rings. The van der Waals surface area contributed by atoms with Crippen molar-refractivity contribution >= 4 is 11.6 Å². The van der Waals surface area contributed by atoms with Crippen molar-refractivity contribution in [1.82, 2.24) is 5.32 Å². The van der Waals surface area contributed by atoms with Crippen LogP contribution in [0.4, 0.5) is 4.39 Å². The first-order valence-electron chi connectivity index (χ1n) is 6.37. The summed E-state index contributed by atoms with van der Waals surface area (Å²) in [6, 6.07) is 12.7. The average Bonchev–Trinajstić information content (AvgIpc) is 2.43. The fourth-order valence-corrected chi connectivity index (χ4v) is 2.48. The molecule has 1 unspecified atom stereocenters. The molecule has 1 atom stereocenters. The Kier molecular flexibility index (Phi) is 4.56. The van der Waals surface area contributed by atoms with Gasteiger partial charge in [0.05, 0.1) is 6.04 Å². The van der Waals surface area contributed by atoms with Crippen LogP contribution in [0, 0.1) is 5.82 Å². The molecule has 0 bridgehead atoms. The minimum atomic E-state index is -0.286. The summed E-state index contributed by atoms with van der Waals surface area (Å²) < 4.78 is 14.0. The van der Waals surface area contributed by atoms with Crippen LogP contribution < -0.4 is 5.32 Å². The summed E-state index contributed by atoms with van der Waals surface area (Å²) in [4.78, 5) is 0. The zero-order valence-electron chi connectivity index (χ0n) is 11.1. The van der Waals surface area contributed by atoms with Gasteiger partial charge in [0.25, 0.3) is 0 Å². The maximum atomic E-state index is 14.0. The molecule has 0 heterocycles.